The number of ketones is 1. The van der Waals surface area contributed by atoms with E-state index in [0.29, 0.717) is 11.7 Å². The summed E-state index contributed by atoms with van der Waals surface area (Å²) in [4.78, 5) is 14.9. The van der Waals surface area contributed by atoms with Crippen molar-refractivity contribution in [2.45, 2.75) is 72.3 Å². The van der Waals surface area contributed by atoms with Crippen molar-refractivity contribution in [2.75, 3.05) is 13.1 Å². The molecule has 0 bridgehead atoms. The summed E-state index contributed by atoms with van der Waals surface area (Å²) in [5.41, 5.74) is 0. The summed E-state index contributed by atoms with van der Waals surface area (Å²) >= 11 is 0. The van der Waals surface area contributed by atoms with Gasteiger partial charge in [0.2, 0.25) is 0 Å². The van der Waals surface area contributed by atoms with Crippen LogP contribution in [0.5, 0.6) is 0 Å². The number of nitrogens with zero attached hydrogens (tertiary/aromatic N) is 1. The Kier molecular flexibility index (Phi) is 5.65. The molecular formula is C18H33NO. The highest BCUT2D eigenvalue weighted by Gasteiger charge is 2.35. The average Bonchev–Trinajstić information content (AvgIpc) is 3.20. The first-order valence-electron chi connectivity index (χ1n) is 8.74. The molecule has 0 spiro atoms. The van der Waals surface area contributed by atoms with Crippen molar-refractivity contribution < 1.29 is 4.79 Å². The molecule has 0 radical (unpaired) electrons. The van der Waals surface area contributed by atoms with Crippen LogP contribution in [0.4, 0.5) is 0 Å². The third-order valence-electron chi connectivity index (χ3n) is 5.26. The quantitative estimate of drug-likeness (QED) is 0.698. The standard InChI is InChI=1S/C18H33NO/c1-13(2)9-10-19(17-6-7-17)12-16-11-15(14(3)4)5-8-18(16)20/h13-17H,5-12H2,1-4H3. The second-order valence-electron chi connectivity index (χ2n) is 7.85. The van der Waals surface area contributed by atoms with E-state index >= 15 is 0 Å². The molecule has 2 fully saturated rings. The fourth-order valence-corrected chi connectivity index (χ4v) is 3.50. The number of hydrogen-bond acceptors (Lipinski definition) is 2. The van der Waals surface area contributed by atoms with Gasteiger partial charge in [0.1, 0.15) is 5.78 Å². The minimum absolute atomic E-state index is 0.323. The van der Waals surface area contributed by atoms with Crippen LogP contribution in [0.25, 0.3) is 0 Å². The van der Waals surface area contributed by atoms with Crippen LogP contribution in [0, 0.1) is 23.7 Å². The van der Waals surface area contributed by atoms with Gasteiger partial charge >= 0.3 is 0 Å². The van der Waals surface area contributed by atoms with Crippen LogP contribution in [0.15, 0.2) is 0 Å². The van der Waals surface area contributed by atoms with Gasteiger partial charge in [-0.05, 0) is 56.4 Å². The van der Waals surface area contributed by atoms with Crippen molar-refractivity contribution >= 4 is 5.78 Å². The third-order valence-corrected chi connectivity index (χ3v) is 5.26. The van der Waals surface area contributed by atoms with E-state index < -0.39 is 0 Å². The Balaban J connectivity index is 1.88. The molecule has 2 nitrogen and oxygen atoms in total. The lowest BCUT2D eigenvalue weighted by Crippen LogP contribution is -2.39. The summed E-state index contributed by atoms with van der Waals surface area (Å²) < 4.78 is 0. The largest absolute Gasteiger partial charge is 0.300 e. The molecule has 0 aromatic carbocycles. The van der Waals surface area contributed by atoms with E-state index in [1.807, 2.05) is 0 Å². The minimum Gasteiger partial charge on any atom is -0.300 e. The normalized spacial score (nSPS) is 27.9. The summed E-state index contributed by atoms with van der Waals surface area (Å²) in [6, 6.07) is 0.793. The van der Waals surface area contributed by atoms with E-state index in [2.05, 4.69) is 32.6 Å². The molecule has 2 rings (SSSR count). The molecule has 2 aliphatic rings. The van der Waals surface area contributed by atoms with Crippen molar-refractivity contribution in [1.29, 1.82) is 0 Å². The van der Waals surface area contributed by atoms with Crippen LogP contribution in [0.3, 0.4) is 0 Å². The molecule has 20 heavy (non-hydrogen) atoms. The van der Waals surface area contributed by atoms with E-state index in [-0.39, 0.29) is 0 Å². The molecule has 0 saturated heterocycles. The molecule has 2 heteroatoms. The van der Waals surface area contributed by atoms with E-state index in [1.54, 1.807) is 0 Å². The maximum absolute atomic E-state index is 12.3. The minimum atomic E-state index is 0.323. The van der Waals surface area contributed by atoms with Crippen molar-refractivity contribution in [1.82, 2.24) is 4.90 Å². The summed E-state index contributed by atoms with van der Waals surface area (Å²) in [6.45, 7) is 11.5. The number of carbonyl (C=O) groups excluding carboxylic acids is 1. The molecular weight excluding hydrogens is 246 g/mol. The van der Waals surface area contributed by atoms with Crippen LogP contribution in [0.1, 0.15) is 66.2 Å². The van der Waals surface area contributed by atoms with Gasteiger partial charge in [-0.3, -0.25) is 9.69 Å². The van der Waals surface area contributed by atoms with Crippen molar-refractivity contribution in [2.24, 2.45) is 23.7 Å². The maximum atomic E-state index is 12.3. The van der Waals surface area contributed by atoms with Gasteiger partial charge < -0.3 is 0 Å². The highest BCUT2D eigenvalue weighted by atomic mass is 16.1. The molecule has 116 valence electrons. The number of hydrogen-bond donors (Lipinski definition) is 0. The van der Waals surface area contributed by atoms with Gasteiger partial charge in [-0.25, -0.2) is 0 Å². The van der Waals surface area contributed by atoms with Gasteiger partial charge in [0.15, 0.2) is 0 Å². The smallest absolute Gasteiger partial charge is 0.137 e. The Hall–Kier alpha value is -0.370. The van der Waals surface area contributed by atoms with Crippen molar-refractivity contribution in [3.05, 3.63) is 0 Å². The van der Waals surface area contributed by atoms with Gasteiger partial charge in [-0.2, -0.15) is 0 Å². The Morgan fingerprint density at radius 2 is 1.85 bits per heavy atom. The fraction of sp³-hybridized carbons (Fsp3) is 0.944. The molecule has 2 atom stereocenters. The Morgan fingerprint density at radius 3 is 2.40 bits per heavy atom. The SMILES string of the molecule is CC(C)CCN(CC1CC(C(C)C)CCC1=O)C1CC1. The van der Waals surface area contributed by atoms with E-state index in [0.717, 1.165) is 49.6 Å². The lowest BCUT2D eigenvalue weighted by molar-refractivity contribution is -0.126. The maximum Gasteiger partial charge on any atom is 0.137 e. The molecule has 2 saturated carbocycles. The predicted octanol–water partition coefficient (Wildman–Crippen LogP) is 4.14. The second kappa shape index (κ2) is 7.06. The van der Waals surface area contributed by atoms with Gasteiger partial charge in [0.25, 0.3) is 0 Å². The second-order valence-corrected chi connectivity index (χ2v) is 7.85. The first-order chi connectivity index (χ1) is 9.47. The zero-order valence-corrected chi connectivity index (χ0v) is 13.9. The van der Waals surface area contributed by atoms with Crippen LogP contribution in [0.2, 0.25) is 0 Å². The Labute approximate surface area is 125 Å². The highest BCUT2D eigenvalue weighted by molar-refractivity contribution is 5.82. The molecule has 2 aliphatic carbocycles. The van der Waals surface area contributed by atoms with Gasteiger partial charge in [0, 0.05) is 24.9 Å². The van der Waals surface area contributed by atoms with E-state index in [1.165, 1.54) is 25.8 Å². The van der Waals surface area contributed by atoms with Gasteiger partial charge in [-0.1, -0.05) is 27.7 Å². The Bertz CT molecular complexity index is 319. The van der Waals surface area contributed by atoms with Crippen LogP contribution in [-0.2, 0) is 4.79 Å². The predicted molar refractivity (Wildman–Crippen MR) is 84.7 cm³/mol. The number of Topliss-reactive ketones (excluding diaryl/α,β-unsaturated/α-hetero) is 1. The van der Waals surface area contributed by atoms with Gasteiger partial charge in [-0.15, -0.1) is 0 Å². The van der Waals surface area contributed by atoms with E-state index in [4.69, 9.17) is 0 Å². The first-order valence-corrected chi connectivity index (χ1v) is 8.74. The van der Waals surface area contributed by atoms with E-state index in [9.17, 15) is 4.79 Å². The highest BCUT2D eigenvalue weighted by Crippen LogP contribution is 2.34. The molecule has 0 aromatic heterocycles. The molecule has 2 unspecified atom stereocenters. The van der Waals surface area contributed by atoms with Crippen LogP contribution >= 0.6 is 0 Å². The zero-order valence-electron chi connectivity index (χ0n) is 13.9. The molecule has 0 aliphatic heterocycles. The third kappa shape index (κ3) is 4.58. The summed E-state index contributed by atoms with van der Waals surface area (Å²) in [5, 5.41) is 0. The monoisotopic (exact) mass is 279 g/mol. The average molecular weight is 279 g/mol. The molecule has 0 aromatic rings. The Morgan fingerprint density at radius 1 is 1.15 bits per heavy atom. The molecule has 0 N–H and O–H groups in total. The molecule has 0 heterocycles. The summed E-state index contributed by atoms with van der Waals surface area (Å²) in [7, 11) is 0. The number of rotatable bonds is 7. The summed E-state index contributed by atoms with van der Waals surface area (Å²) in [6.07, 6.45) is 7.07. The molecule has 0 amide bonds. The van der Waals surface area contributed by atoms with Crippen LogP contribution in [-0.4, -0.2) is 29.8 Å². The lowest BCUT2D eigenvalue weighted by Gasteiger charge is -2.34. The summed E-state index contributed by atoms with van der Waals surface area (Å²) in [5.74, 6) is 3.13. The fourth-order valence-electron chi connectivity index (χ4n) is 3.50. The van der Waals surface area contributed by atoms with Crippen LogP contribution < -0.4 is 0 Å². The van der Waals surface area contributed by atoms with Gasteiger partial charge in [0.05, 0.1) is 0 Å². The number of carbonyl (C=O) groups is 1. The van der Waals surface area contributed by atoms with Crippen molar-refractivity contribution in [3.8, 4) is 0 Å². The lowest BCUT2D eigenvalue weighted by atomic mass is 9.75. The van der Waals surface area contributed by atoms with Crippen molar-refractivity contribution in [3.63, 3.8) is 0 Å². The topological polar surface area (TPSA) is 20.3 Å². The first kappa shape index (κ1) is 16.0. The zero-order chi connectivity index (χ0) is 14.7.